The van der Waals surface area contributed by atoms with Crippen molar-refractivity contribution < 1.29 is 9.13 Å². The third-order valence-corrected chi connectivity index (χ3v) is 2.75. The van der Waals surface area contributed by atoms with Crippen LogP contribution >= 0.6 is 15.9 Å². The van der Waals surface area contributed by atoms with Crippen LogP contribution in [0, 0.1) is 5.82 Å². The van der Waals surface area contributed by atoms with E-state index >= 15 is 0 Å². The summed E-state index contributed by atoms with van der Waals surface area (Å²) in [5.74, 6) is 0.349. The van der Waals surface area contributed by atoms with Crippen molar-refractivity contribution in [1.82, 2.24) is 0 Å². The van der Waals surface area contributed by atoms with E-state index in [1.807, 2.05) is 0 Å². The van der Waals surface area contributed by atoms with Crippen LogP contribution in [0.15, 0.2) is 46.9 Å². The van der Waals surface area contributed by atoms with Gasteiger partial charge in [0.25, 0.3) is 0 Å². The zero-order valence-corrected chi connectivity index (χ0v) is 10.6. The largest absolute Gasteiger partial charge is 0.489 e. The molecule has 88 valence electrons. The molecule has 2 aromatic carbocycles. The van der Waals surface area contributed by atoms with Crippen molar-refractivity contribution >= 4 is 21.6 Å². The molecule has 0 saturated heterocycles. The number of benzene rings is 2. The molecular weight excluding hydrogens is 285 g/mol. The minimum atomic E-state index is -0.280. The van der Waals surface area contributed by atoms with Crippen LogP contribution in [0.4, 0.5) is 10.1 Å². The van der Waals surface area contributed by atoms with E-state index in [-0.39, 0.29) is 12.4 Å². The molecule has 0 aromatic heterocycles. The minimum absolute atomic E-state index is 0.175. The molecule has 0 atom stereocenters. The smallest absolute Gasteiger partial charge is 0.129 e. The Kier molecular flexibility index (Phi) is 3.64. The van der Waals surface area contributed by atoms with Crippen molar-refractivity contribution in [3.05, 3.63) is 58.3 Å². The van der Waals surface area contributed by atoms with Crippen LogP contribution in [0.25, 0.3) is 0 Å². The molecule has 0 aliphatic heterocycles. The van der Waals surface area contributed by atoms with Crippen molar-refractivity contribution in [3.63, 3.8) is 0 Å². The molecule has 17 heavy (non-hydrogen) atoms. The second-order valence-electron chi connectivity index (χ2n) is 3.60. The quantitative estimate of drug-likeness (QED) is 0.875. The van der Waals surface area contributed by atoms with Crippen molar-refractivity contribution in [2.75, 3.05) is 5.73 Å². The molecule has 0 saturated carbocycles. The van der Waals surface area contributed by atoms with E-state index in [2.05, 4.69) is 15.9 Å². The number of hydrogen-bond donors (Lipinski definition) is 1. The average Bonchev–Trinajstić information content (AvgIpc) is 2.30. The Morgan fingerprint density at radius 3 is 2.76 bits per heavy atom. The fourth-order valence-electron chi connectivity index (χ4n) is 1.42. The summed E-state index contributed by atoms with van der Waals surface area (Å²) in [6, 6.07) is 11.8. The number of ether oxygens (including phenoxy) is 1. The number of halogens is 2. The van der Waals surface area contributed by atoms with Gasteiger partial charge in [0.1, 0.15) is 18.2 Å². The summed E-state index contributed by atoms with van der Waals surface area (Å²) in [6.45, 7) is 0.175. The maximum Gasteiger partial charge on any atom is 0.129 e. The van der Waals surface area contributed by atoms with Gasteiger partial charge in [0.15, 0.2) is 0 Å². The number of nitrogen functional groups attached to an aromatic ring is 1. The van der Waals surface area contributed by atoms with Crippen LogP contribution in [-0.2, 0) is 6.61 Å². The van der Waals surface area contributed by atoms with Gasteiger partial charge in [-0.25, -0.2) is 4.39 Å². The van der Waals surface area contributed by atoms with E-state index in [1.165, 1.54) is 6.07 Å². The molecule has 2 N–H and O–H groups in total. The van der Waals surface area contributed by atoms with Crippen molar-refractivity contribution in [2.45, 2.75) is 6.61 Å². The number of nitrogens with two attached hydrogens (primary N) is 1. The van der Waals surface area contributed by atoms with Crippen molar-refractivity contribution in [1.29, 1.82) is 0 Å². The lowest BCUT2D eigenvalue weighted by atomic mass is 10.2. The third kappa shape index (κ3) is 3.20. The Labute approximate surface area is 107 Å². The lowest BCUT2D eigenvalue weighted by Crippen LogP contribution is -1.99. The Morgan fingerprint density at radius 2 is 2.00 bits per heavy atom. The average molecular weight is 296 g/mol. The molecule has 0 radical (unpaired) electrons. The van der Waals surface area contributed by atoms with E-state index in [4.69, 9.17) is 10.5 Å². The summed E-state index contributed by atoms with van der Waals surface area (Å²) >= 11 is 3.29. The third-order valence-electron chi connectivity index (χ3n) is 2.26. The SMILES string of the molecule is Nc1cccc(OCc2cc(Br)ccc2F)c1. The van der Waals surface area contributed by atoms with E-state index in [9.17, 15) is 4.39 Å². The monoisotopic (exact) mass is 295 g/mol. The highest BCUT2D eigenvalue weighted by Gasteiger charge is 2.04. The maximum absolute atomic E-state index is 13.4. The lowest BCUT2D eigenvalue weighted by Gasteiger charge is -2.08. The summed E-state index contributed by atoms with van der Waals surface area (Å²) in [4.78, 5) is 0. The Bertz CT molecular complexity index is 531. The number of rotatable bonds is 3. The summed E-state index contributed by atoms with van der Waals surface area (Å²) in [6.07, 6.45) is 0. The summed E-state index contributed by atoms with van der Waals surface area (Å²) in [5.41, 5.74) is 6.74. The number of anilines is 1. The highest BCUT2D eigenvalue weighted by molar-refractivity contribution is 9.10. The van der Waals surface area contributed by atoms with Crippen LogP contribution in [0.2, 0.25) is 0 Å². The predicted octanol–water partition coefficient (Wildman–Crippen LogP) is 3.75. The van der Waals surface area contributed by atoms with E-state index in [0.717, 1.165) is 4.47 Å². The number of hydrogen-bond acceptors (Lipinski definition) is 2. The summed E-state index contributed by atoms with van der Waals surface area (Å²) < 4.78 is 19.7. The summed E-state index contributed by atoms with van der Waals surface area (Å²) in [5, 5.41) is 0. The van der Waals surface area contributed by atoms with Crippen LogP contribution in [-0.4, -0.2) is 0 Å². The van der Waals surface area contributed by atoms with Crippen LogP contribution in [0.1, 0.15) is 5.56 Å². The molecular formula is C13H11BrFNO. The van der Waals surface area contributed by atoms with Crippen LogP contribution in [0.3, 0.4) is 0 Å². The van der Waals surface area contributed by atoms with E-state index in [0.29, 0.717) is 17.0 Å². The van der Waals surface area contributed by atoms with Gasteiger partial charge in [-0.05, 0) is 30.3 Å². The van der Waals surface area contributed by atoms with Crippen LogP contribution < -0.4 is 10.5 Å². The molecule has 0 aliphatic rings. The maximum atomic E-state index is 13.4. The molecule has 2 rings (SSSR count). The van der Waals surface area contributed by atoms with Gasteiger partial charge >= 0.3 is 0 Å². The van der Waals surface area contributed by atoms with E-state index in [1.54, 1.807) is 36.4 Å². The highest BCUT2D eigenvalue weighted by atomic mass is 79.9. The first kappa shape index (κ1) is 11.9. The zero-order valence-electron chi connectivity index (χ0n) is 8.99. The van der Waals surface area contributed by atoms with Gasteiger partial charge in [0, 0.05) is 21.8 Å². The molecule has 0 heterocycles. The lowest BCUT2D eigenvalue weighted by molar-refractivity contribution is 0.300. The first-order valence-corrected chi connectivity index (χ1v) is 5.87. The Morgan fingerprint density at radius 1 is 1.18 bits per heavy atom. The van der Waals surface area contributed by atoms with Gasteiger partial charge in [-0.1, -0.05) is 22.0 Å². The van der Waals surface area contributed by atoms with Crippen molar-refractivity contribution in [2.24, 2.45) is 0 Å². The van der Waals surface area contributed by atoms with Gasteiger partial charge in [0.2, 0.25) is 0 Å². The zero-order chi connectivity index (χ0) is 12.3. The molecule has 0 amide bonds. The minimum Gasteiger partial charge on any atom is -0.489 e. The highest BCUT2D eigenvalue weighted by Crippen LogP contribution is 2.19. The molecule has 0 fully saturated rings. The van der Waals surface area contributed by atoms with Gasteiger partial charge in [0.05, 0.1) is 0 Å². The molecule has 0 unspecified atom stereocenters. The molecule has 2 nitrogen and oxygen atoms in total. The Balaban J connectivity index is 2.09. The van der Waals surface area contributed by atoms with Crippen LogP contribution in [0.5, 0.6) is 5.75 Å². The standard InChI is InChI=1S/C13H11BrFNO/c14-10-4-5-13(15)9(6-10)8-17-12-3-1-2-11(16)7-12/h1-7H,8,16H2. The fraction of sp³-hybridized carbons (Fsp3) is 0.0769. The fourth-order valence-corrected chi connectivity index (χ4v) is 1.83. The molecule has 0 bridgehead atoms. The van der Waals surface area contributed by atoms with Crippen molar-refractivity contribution in [3.8, 4) is 5.75 Å². The second kappa shape index (κ2) is 5.19. The predicted molar refractivity (Wildman–Crippen MR) is 69.3 cm³/mol. The van der Waals surface area contributed by atoms with Gasteiger partial charge < -0.3 is 10.5 Å². The molecule has 0 aliphatic carbocycles. The second-order valence-corrected chi connectivity index (χ2v) is 4.51. The Hall–Kier alpha value is -1.55. The topological polar surface area (TPSA) is 35.2 Å². The van der Waals surface area contributed by atoms with Gasteiger partial charge in [-0.15, -0.1) is 0 Å². The first-order chi connectivity index (χ1) is 8.15. The van der Waals surface area contributed by atoms with Gasteiger partial charge in [-0.2, -0.15) is 0 Å². The first-order valence-electron chi connectivity index (χ1n) is 5.07. The molecule has 2 aromatic rings. The molecule has 0 spiro atoms. The summed E-state index contributed by atoms with van der Waals surface area (Å²) in [7, 11) is 0. The normalized spacial score (nSPS) is 10.2. The molecule has 4 heteroatoms. The van der Waals surface area contributed by atoms with E-state index < -0.39 is 0 Å². The van der Waals surface area contributed by atoms with Gasteiger partial charge in [-0.3, -0.25) is 0 Å².